The van der Waals surface area contributed by atoms with Gasteiger partial charge in [-0.3, -0.25) is 14.9 Å². The Bertz CT molecular complexity index is 1630. The molecule has 0 unspecified atom stereocenters. The number of aliphatic hydroxyl groups is 1. The van der Waals surface area contributed by atoms with E-state index in [4.69, 9.17) is 9.47 Å². The summed E-state index contributed by atoms with van der Waals surface area (Å²) in [5, 5.41) is 21.8. The molecule has 3 aromatic rings. The summed E-state index contributed by atoms with van der Waals surface area (Å²) in [4.78, 5) is 37.4. The van der Waals surface area contributed by atoms with Crippen LogP contribution in [0.1, 0.15) is 68.6 Å². The number of nitrogens with one attached hydrogen (secondary N) is 1. The second-order valence-electron chi connectivity index (χ2n) is 12.2. The number of aliphatic hydroxyl groups excluding tert-OH is 1. The van der Waals surface area contributed by atoms with Crippen molar-refractivity contribution in [3.05, 3.63) is 93.5 Å². The highest BCUT2D eigenvalue weighted by Gasteiger charge is 2.25. The molecule has 0 heterocycles. The number of benzene rings is 3. The van der Waals surface area contributed by atoms with Crippen molar-refractivity contribution < 1.29 is 37.5 Å². The number of hydrogen-bond donors (Lipinski definition) is 2. The Morgan fingerprint density at radius 2 is 1.61 bits per heavy atom. The summed E-state index contributed by atoms with van der Waals surface area (Å²) in [5.41, 5.74) is 2.35. The lowest BCUT2D eigenvalue weighted by Crippen LogP contribution is -2.40. The molecule has 248 valence electrons. The number of nitro benzene ring substituents is 1. The maximum absolute atomic E-state index is 13.0. The van der Waals surface area contributed by atoms with Crippen LogP contribution in [-0.4, -0.2) is 66.4 Å². The van der Waals surface area contributed by atoms with Gasteiger partial charge >= 0.3 is 6.09 Å². The van der Waals surface area contributed by atoms with Crippen LogP contribution in [0.5, 0.6) is 5.75 Å². The Kier molecular flexibility index (Phi) is 11.9. The van der Waals surface area contributed by atoms with Crippen LogP contribution in [0.2, 0.25) is 0 Å². The van der Waals surface area contributed by atoms with Crippen LogP contribution in [0, 0.1) is 10.1 Å². The molecule has 3 rings (SSSR count). The quantitative estimate of drug-likeness (QED) is 0.175. The molecule has 0 saturated carbocycles. The molecule has 0 aliphatic carbocycles. The first-order valence-electron chi connectivity index (χ1n) is 14.7. The number of sulfonamides is 1. The molecule has 46 heavy (non-hydrogen) atoms. The molecule has 13 heteroatoms. The van der Waals surface area contributed by atoms with E-state index in [1.54, 1.807) is 46.8 Å². The number of carbonyl (C=O) groups excluding carboxylic acids is 2. The number of nitro groups is 1. The minimum Gasteiger partial charge on any atom is -0.490 e. The van der Waals surface area contributed by atoms with Crippen molar-refractivity contribution in [2.75, 3.05) is 19.3 Å². The largest absolute Gasteiger partial charge is 0.490 e. The van der Waals surface area contributed by atoms with E-state index in [0.717, 1.165) is 22.9 Å². The summed E-state index contributed by atoms with van der Waals surface area (Å²) in [6.07, 6.45) is 0.210. The molecule has 0 saturated heterocycles. The van der Waals surface area contributed by atoms with Gasteiger partial charge < -0.3 is 19.5 Å². The topological polar surface area (TPSA) is 165 Å². The maximum Gasteiger partial charge on any atom is 0.410 e. The number of aryl methyl sites for hydroxylation is 1. The molecule has 3 aromatic carbocycles. The van der Waals surface area contributed by atoms with Crippen molar-refractivity contribution in [3.8, 4) is 16.9 Å². The summed E-state index contributed by atoms with van der Waals surface area (Å²) in [7, 11) is -3.75. The zero-order chi connectivity index (χ0) is 34.2. The number of nitrogens with zero attached hydrogens (tertiary/aromatic N) is 2. The molecule has 1 atom stereocenters. The monoisotopic (exact) mass is 655 g/mol. The third-order valence-corrected chi connectivity index (χ3v) is 7.14. The summed E-state index contributed by atoms with van der Waals surface area (Å²) >= 11 is 0. The molecule has 0 aromatic heterocycles. The Labute approximate surface area is 269 Å². The number of carbonyl (C=O) groups is 2. The summed E-state index contributed by atoms with van der Waals surface area (Å²) in [5.74, 6) is -0.517. The minimum absolute atomic E-state index is 0.0509. The van der Waals surface area contributed by atoms with Crippen molar-refractivity contribution in [2.24, 2.45) is 0 Å². The van der Waals surface area contributed by atoms with Gasteiger partial charge in [-0.1, -0.05) is 30.3 Å². The SMILES string of the molecule is CC(C)Oc1cc(-c2ccc(CCCN(C[C@H](O)c3ccc([N+](=O)[O-])cc3)C(=O)OC(C)(C)C)cc2)ccc1C(=O)NS(C)(=O)=O. The fraction of sp³-hybridized carbons (Fsp3) is 0.394. The van der Waals surface area contributed by atoms with Crippen LogP contribution in [-0.2, 0) is 21.2 Å². The van der Waals surface area contributed by atoms with Gasteiger partial charge in [-0.2, -0.15) is 0 Å². The highest BCUT2D eigenvalue weighted by molar-refractivity contribution is 7.89. The predicted molar refractivity (Wildman–Crippen MR) is 174 cm³/mol. The molecular weight excluding hydrogens is 614 g/mol. The molecule has 0 spiro atoms. The van der Waals surface area contributed by atoms with E-state index in [1.165, 1.54) is 35.2 Å². The number of non-ortho nitro benzene ring substituents is 1. The summed E-state index contributed by atoms with van der Waals surface area (Å²) in [6.45, 7) is 9.13. The van der Waals surface area contributed by atoms with Gasteiger partial charge in [0, 0.05) is 18.7 Å². The number of rotatable bonds is 13. The van der Waals surface area contributed by atoms with E-state index >= 15 is 0 Å². The van der Waals surface area contributed by atoms with Gasteiger partial charge in [-0.25, -0.2) is 17.9 Å². The van der Waals surface area contributed by atoms with E-state index in [1.807, 2.05) is 29.0 Å². The van der Waals surface area contributed by atoms with Gasteiger partial charge in [-0.05, 0) is 94.0 Å². The maximum atomic E-state index is 13.0. The second kappa shape index (κ2) is 15.2. The van der Waals surface area contributed by atoms with Crippen molar-refractivity contribution in [1.29, 1.82) is 0 Å². The van der Waals surface area contributed by atoms with E-state index in [9.17, 15) is 33.2 Å². The van der Waals surface area contributed by atoms with E-state index in [2.05, 4.69) is 0 Å². The van der Waals surface area contributed by atoms with Gasteiger partial charge in [0.15, 0.2) is 0 Å². The third-order valence-electron chi connectivity index (χ3n) is 6.58. The first-order chi connectivity index (χ1) is 21.4. The summed E-state index contributed by atoms with van der Waals surface area (Å²) < 4.78 is 36.5. The first-order valence-corrected chi connectivity index (χ1v) is 16.6. The standard InChI is InChI=1S/C33H41N3O9S/c1-22(2)44-30-20-26(15-18-28(30)31(38)34-46(6,42)43)24-11-9-23(10-12-24)8-7-19-35(32(39)45-33(3,4)5)21-29(37)25-13-16-27(17-14-25)36(40)41/h9-18,20,22,29,37H,7-8,19,21H2,1-6H3,(H,34,38)/t29-/m0/s1. The molecule has 12 nitrogen and oxygen atoms in total. The predicted octanol–water partition coefficient (Wildman–Crippen LogP) is 5.64. The molecule has 0 aliphatic rings. The van der Waals surface area contributed by atoms with Crippen molar-refractivity contribution in [3.63, 3.8) is 0 Å². The lowest BCUT2D eigenvalue weighted by Gasteiger charge is -2.29. The van der Waals surface area contributed by atoms with Gasteiger partial charge in [0.2, 0.25) is 10.0 Å². The van der Waals surface area contributed by atoms with Crippen LogP contribution in [0.3, 0.4) is 0 Å². The van der Waals surface area contributed by atoms with Crippen LogP contribution >= 0.6 is 0 Å². The fourth-order valence-corrected chi connectivity index (χ4v) is 4.96. The minimum atomic E-state index is -3.75. The molecular formula is C33H41N3O9S. The molecule has 0 radical (unpaired) electrons. The van der Waals surface area contributed by atoms with Gasteiger partial charge in [-0.15, -0.1) is 0 Å². The Morgan fingerprint density at radius 3 is 2.15 bits per heavy atom. The second-order valence-corrected chi connectivity index (χ2v) is 13.9. The molecule has 2 amide bonds. The van der Waals surface area contributed by atoms with Gasteiger partial charge in [0.1, 0.15) is 11.4 Å². The van der Waals surface area contributed by atoms with Crippen LogP contribution in [0.15, 0.2) is 66.7 Å². The third kappa shape index (κ3) is 11.1. The summed E-state index contributed by atoms with van der Waals surface area (Å²) in [6, 6.07) is 18.2. The Balaban J connectivity index is 1.71. The molecule has 0 aliphatic heterocycles. The lowest BCUT2D eigenvalue weighted by molar-refractivity contribution is -0.384. The lowest BCUT2D eigenvalue weighted by atomic mass is 10.00. The molecule has 2 N–H and O–H groups in total. The molecule has 0 fully saturated rings. The van der Waals surface area contributed by atoms with Crippen molar-refractivity contribution in [2.45, 2.75) is 65.3 Å². The van der Waals surface area contributed by atoms with Crippen LogP contribution in [0.4, 0.5) is 10.5 Å². The fourth-order valence-electron chi connectivity index (χ4n) is 4.52. The van der Waals surface area contributed by atoms with Crippen LogP contribution in [0.25, 0.3) is 11.1 Å². The number of hydrogen-bond acceptors (Lipinski definition) is 9. The van der Waals surface area contributed by atoms with Gasteiger partial charge in [0.25, 0.3) is 11.6 Å². The Hall–Kier alpha value is -4.49. The van der Waals surface area contributed by atoms with E-state index < -0.39 is 38.7 Å². The number of ether oxygens (including phenoxy) is 2. The van der Waals surface area contributed by atoms with E-state index in [-0.39, 0.29) is 29.6 Å². The zero-order valence-corrected chi connectivity index (χ0v) is 27.7. The highest BCUT2D eigenvalue weighted by Crippen LogP contribution is 2.29. The first kappa shape index (κ1) is 36.0. The number of amides is 2. The van der Waals surface area contributed by atoms with Gasteiger partial charge in [0.05, 0.1) is 35.5 Å². The Morgan fingerprint density at radius 1 is 1.00 bits per heavy atom. The average Bonchev–Trinajstić information content (AvgIpc) is 2.94. The highest BCUT2D eigenvalue weighted by atomic mass is 32.2. The average molecular weight is 656 g/mol. The smallest absolute Gasteiger partial charge is 0.410 e. The zero-order valence-electron chi connectivity index (χ0n) is 26.8. The normalized spacial score (nSPS) is 12.3. The van der Waals surface area contributed by atoms with Crippen molar-refractivity contribution >= 4 is 27.7 Å². The van der Waals surface area contributed by atoms with Crippen LogP contribution < -0.4 is 9.46 Å². The molecule has 0 bridgehead atoms. The van der Waals surface area contributed by atoms with Crippen molar-refractivity contribution in [1.82, 2.24) is 9.62 Å². The van der Waals surface area contributed by atoms with E-state index in [0.29, 0.717) is 24.9 Å².